The Balaban J connectivity index is 0.000000354. The summed E-state index contributed by atoms with van der Waals surface area (Å²) in [6.45, 7) is 0. The normalized spacial score (nSPS) is 10.4. The molecule has 1 heterocycles. The van der Waals surface area contributed by atoms with Gasteiger partial charge in [-0.15, -0.1) is 0 Å². The Morgan fingerprint density at radius 2 is 0.957 bits per heavy atom. The minimum absolute atomic E-state index is 1.21. The Labute approximate surface area is 134 Å². The first-order chi connectivity index (χ1) is 11.2. The predicted molar refractivity (Wildman–Crippen MR) is 93.2 cm³/mol. The molecule has 0 bridgehead atoms. The maximum Gasteiger partial charge on any atom is 0.631 e. The number of nitrogens with zero attached hydrogens (tertiary/aromatic N) is 1. The maximum absolute atomic E-state index is 7.17. The van der Waals surface area contributed by atoms with Crippen LogP contribution in [0, 0.1) is 0 Å². The lowest BCUT2D eigenvalue weighted by atomic mass is 10.2. The Hall–Kier alpha value is -2.60. The lowest BCUT2D eigenvalue weighted by Gasteiger charge is -2.06. The molecule has 0 aliphatic rings. The molecule has 0 radical (unpaired) electrons. The van der Waals surface area contributed by atoms with E-state index in [4.69, 9.17) is 15.1 Å². The third-order valence-electron chi connectivity index (χ3n) is 3.59. The van der Waals surface area contributed by atoms with E-state index in [1.807, 2.05) is 0 Å². The van der Waals surface area contributed by atoms with Crippen molar-refractivity contribution in [2.24, 2.45) is 0 Å². The largest absolute Gasteiger partial charge is 0.631 e. The van der Waals surface area contributed by atoms with Crippen molar-refractivity contribution in [2.75, 3.05) is 0 Å². The Kier molecular flexibility index (Phi) is 4.44. The zero-order valence-electron chi connectivity index (χ0n) is 12.4. The van der Waals surface area contributed by atoms with E-state index in [9.17, 15) is 0 Å². The van der Waals surface area contributed by atoms with Crippen molar-refractivity contribution in [3.8, 4) is 5.69 Å². The summed E-state index contributed by atoms with van der Waals surface area (Å²) in [5.41, 5.74) is 3.73. The Bertz CT molecular complexity index is 863. The van der Waals surface area contributed by atoms with Crippen molar-refractivity contribution in [3.05, 3.63) is 78.9 Å². The summed E-state index contributed by atoms with van der Waals surface area (Å²) in [5, 5.41) is 24.1. The highest BCUT2D eigenvalue weighted by Crippen LogP contribution is 2.31. The van der Waals surface area contributed by atoms with E-state index < -0.39 is 7.32 Å². The topological polar surface area (TPSA) is 65.6 Å². The van der Waals surface area contributed by atoms with Crippen LogP contribution in [0.1, 0.15) is 0 Å². The second-order valence-corrected chi connectivity index (χ2v) is 5.05. The molecule has 0 saturated heterocycles. The molecule has 0 spiro atoms. The number of aromatic nitrogens is 1. The van der Waals surface area contributed by atoms with Gasteiger partial charge in [0.05, 0.1) is 11.0 Å². The third kappa shape index (κ3) is 3.12. The molecule has 114 valence electrons. The molecule has 4 rings (SSSR count). The lowest BCUT2D eigenvalue weighted by Crippen LogP contribution is -2.07. The summed E-state index contributed by atoms with van der Waals surface area (Å²) in [6, 6.07) is 27.7. The Morgan fingerprint density at radius 3 is 1.43 bits per heavy atom. The number of hydrogen-bond acceptors (Lipinski definition) is 3. The van der Waals surface area contributed by atoms with Gasteiger partial charge in [-0.25, -0.2) is 0 Å². The monoisotopic (exact) mass is 305 g/mol. The highest BCUT2D eigenvalue weighted by atomic mass is 16.5. The van der Waals surface area contributed by atoms with Gasteiger partial charge in [0, 0.05) is 16.5 Å². The first-order valence-corrected chi connectivity index (χ1v) is 7.26. The molecular weight excluding hydrogens is 289 g/mol. The number of rotatable bonds is 1. The van der Waals surface area contributed by atoms with Gasteiger partial charge in [-0.3, -0.25) is 0 Å². The van der Waals surface area contributed by atoms with E-state index >= 15 is 0 Å². The fourth-order valence-corrected chi connectivity index (χ4v) is 2.78. The first kappa shape index (κ1) is 15.3. The zero-order valence-corrected chi connectivity index (χ0v) is 12.4. The number of fused-ring (bicyclic) bond motifs is 3. The van der Waals surface area contributed by atoms with Crippen LogP contribution in [0.4, 0.5) is 0 Å². The average molecular weight is 305 g/mol. The molecule has 23 heavy (non-hydrogen) atoms. The quantitative estimate of drug-likeness (QED) is 0.474. The SMILES string of the molecule is OB(O)O.c1ccc(-n2c3ccccc3c3ccccc32)cc1. The van der Waals surface area contributed by atoms with Gasteiger partial charge < -0.3 is 19.6 Å². The summed E-state index contributed by atoms with van der Waals surface area (Å²) in [6.07, 6.45) is 0. The number of para-hydroxylation sites is 3. The van der Waals surface area contributed by atoms with Crippen molar-refractivity contribution < 1.29 is 15.1 Å². The fraction of sp³-hybridized carbons (Fsp3) is 0. The molecule has 0 unspecified atom stereocenters. The fourth-order valence-electron chi connectivity index (χ4n) is 2.78. The highest BCUT2D eigenvalue weighted by molar-refractivity contribution is 6.30. The molecular formula is C18H16BNO3. The van der Waals surface area contributed by atoms with Gasteiger partial charge in [-0.2, -0.15) is 0 Å². The molecule has 0 amide bonds. The van der Waals surface area contributed by atoms with Crippen LogP contribution >= 0.6 is 0 Å². The summed E-state index contributed by atoms with van der Waals surface area (Å²) in [5.74, 6) is 0. The van der Waals surface area contributed by atoms with Crippen LogP contribution in [0.15, 0.2) is 78.9 Å². The summed E-state index contributed by atoms with van der Waals surface area (Å²) in [7, 11) is -2.17. The molecule has 0 aliphatic heterocycles. The molecule has 4 nitrogen and oxygen atoms in total. The van der Waals surface area contributed by atoms with Crippen LogP contribution in [0.25, 0.3) is 27.5 Å². The van der Waals surface area contributed by atoms with Gasteiger partial charge in [0.25, 0.3) is 0 Å². The molecule has 5 heteroatoms. The average Bonchev–Trinajstić information content (AvgIpc) is 2.90. The molecule has 1 aromatic heterocycles. The van der Waals surface area contributed by atoms with Crippen LogP contribution in [-0.4, -0.2) is 27.0 Å². The van der Waals surface area contributed by atoms with E-state index in [0.717, 1.165) is 0 Å². The van der Waals surface area contributed by atoms with Crippen molar-refractivity contribution >= 4 is 29.1 Å². The predicted octanol–water partition coefficient (Wildman–Crippen LogP) is 2.73. The van der Waals surface area contributed by atoms with Crippen molar-refractivity contribution in [3.63, 3.8) is 0 Å². The van der Waals surface area contributed by atoms with Crippen molar-refractivity contribution in [1.29, 1.82) is 0 Å². The van der Waals surface area contributed by atoms with Crippen LogP contribution in [-0.2, 0) is 0 Å². The lowest BCUT2D eigenvalue weighted by molar-refractivity contribution is 0.278. The summed E-state index contributed by atoms with van der Waals surface area (Å²) >= 11 is 0. The maximum atomic E-state index is 7.17. The smallest absolute Gasteiger partial charge is 0.402 e. The minimum Gasteiger partial charge on any atom is -0.402 e. The zero-order chi connectivity index (χ0) is 16.2. The Morgan fingerprint density at radius 1 is 0.565 bits per heavy atom. The second kappa shape index (κ2) is 6.66. The van der Waals surface area contributed by atoms with Gasteiger partial charge in [-0.05, 0) is 24.3 Å². The van der Waals surface area contributed by atoms with E-state index in [1.54, 1.807) is 0 Å². The van der Waals surface area contributed by atoms with Crippen LogP contribution in [0.5, 0.6) is 0 Å². The van der Waals surface area contributed by atoms with Gasteiger partial charge in [0.15, 0.2) is 0 Å². The number of benzene rings is 3. The van der Waals surface area contributed by atoms with Crippen LogP contribution in [0.3, 0.4) is 0 Å². The highest BCUT2D eigenvalue weighted by Gasteiger charge is 2.10. The van der Waals surface area contributed by atoms with Crippen molar-refractivity contribution in [1.82, 2.24) is 4.57 Å². The van der Waals surface area contributed by atoms with Crippen molar-refractivity contribution in [2.45, 2.75) is 0 Å². The van der Waals surface area contributed by atoms with Crippen LogP contribution in [0.2, 0.25) is 0 Å². The molecule has 3 N–H and O–H groups in total. The van der Waals surface area contributed by atoms with Gasteiger partial charge in [0.1, 0.15) is 0 Å². The number of hydrogen-bond donors (Lipinski definition) is 3. The van der Waals surface area contributed by atoms with E-state index in [1.165, 1.54) is 27.5 Å². The molecule has 0 atom stereocenters. The molecule has 4 aromatic rings. The standard InChI is InChI=1S/C18H13N.BH3O3/c1-2-8-14(9-3-1)19-17-12-6-4-10-15(17)16-11-5-7-13-18(16)19;2-1(3)4/h1-13H;2-4H. The molecule has 3 aromatic carbocycles. The van der Waals surface area contributed by atoms with Gasteiger partial charge in [0.2, 0.25) is 0 Å². The van der Waals surface area contributed by atoms with E-state index in [2.05, 4.69) is 83.4 Å². The minimum atomic E-state index is -2.17. The molecule has 0 saturated carbocycles. The summed E-state index contributed by atoms with van der Waals surface area (Å²) in [4.78, 5) is 0. The van der Waals surface area contributed by atoms with Gasteiger partial charge in [-0.1, -0.05) is 54.6 Å². The van der Waals surface area contributed by atoms with E-state index in [-0.39, 0.29) is 0 Å². The van der Waals surface area contributed by atoms with Gasteiger partial charge >= 0.3 is 7.32 Å². The summed E-state index contributed by atoms with van der Waals surface area (Å²) < 4.78 is 2.32. The first-order valence-electron chi connectivity index (χ1n) is 7.26. The van der Waals surface area contributed by atoms with Crippen LogP contribution < -0.4 is 0 Å². The molecule has 0 fully saturated rings. The molecule has 0 aliphatic carbocycles. The second-order valence-electron chi connectivity index (χ2n) is 5.05. The van der Waals surface area contributed by atoms with E-state index in [0.29, 0.717) is 0 Å². The third-order valence-corrected chi connectivity index (χ3v) is 3.59.